The van der Waals surface area contributed by atoms with Gasteiger partial charge >= 0.3 is 0 Å². The number of ether oxygens (including phenoxy) is 1. The number of rotatable bonds is 4. The summed E-state index contributed by atoms with van der Waals surface area (Å²) in [5.74, 6) is 1.01. The Labute approximate surface area is 124 Å². The first-order valence-electron chi connectivity index (χ1n) is 7.48. The van der Waals surface area contributed by atoms with Gasteiger partial charge in [-0.15, -0.1) is 0 Å². The predicted molar refractivity (Wildman–Crippen MR) is 81.1 cm³/mol. The van der Waals surface area contributed by atoms with Gasteiger partial charge in [-0.1, -0.05) is 6.07 Å². The fourth-order valence-corrected chi connectivity index (χ4v) is 2.83. The molecule has 2 saturated carbocycles. The molecule has 114 valence electrons. The number of guanidine groups is 1. The van der Waals surface area contributed by atoms with Crippen molar-refractivity contribution >= 4 is 5.96 Å². The van der Waals surface area contributed by atoms with Crippen LogP contribution in [0.5, 0.6) is 5.75 Å². The molecule has 1 aromatic rings. The Morgan fingerprint density at radius 3 is 2.67 bits per heavy atom. The maximum absolute atomic E-state index is 13.7. The van der Waals surface area contributed by atoms with Crippen molar-refractivity contribution in [2.45, 2.75) is 43.7 Å². The molecule has 0 bridgehead atoms. The largest absolute Gasteiger partial charge is 0.494 e. The lowest BCUT2D eigenvalue weighted by atomic mass is 9.76. The molecule has 2 fully saturated rings. The quantitative estimate of drug-likeness (QED) is 0.685. The molecule has 0 atom stereocenters. The molecule has 0 saturated heterocycles. The monoisotopic (exact) mass is 291 g/mol. The van der Waals surface area contributed by atoms with E-state index in [0.29, 0.717) is 23.7 Å². The first-order chi connectivity index (χ1) is 10.1. The zero-order chi connectivity index (χ0) is 15.0. The first kappa shape index (κ1) is 14.2. The summed E-state index contributed by atoms with van der Waals surface area (Å²) >= 11 is 0. The van der Waals surface area contributed by atoms with Crippen molar-refractivity contribution in [3.05, 3.63) is 29.6 Å². The van der Waals surface area contributed by atoms with Gasteiger partial charge in [0.25, 0.3) is 0 Å². The van der Waals surface area contributed by atoms with Gasteiger partial charge in [0.15, 0.2) is 17.5 Å². The normalized spacial score (nSPS) is 25.4. The SMILES string of the molecule is COc1ccc(C2CC(N=C(N)N(C)C3CC3)C2)cc1F. The molecule has 2 N–H and O–H groups in total. The summed E-state index contributed by atoms with van der Waals surface area (Å²) in [5, 5.41) is 0. The smallest absolute Gasteiger partial charge is 0.191 e. The van der Waals surface area contributed by atoms with E-state index in [1.165, 1.54) is 20.0 Å². The third kappa shape index (κ3) is 2.96. The highest BCUT2D eigenvalue weighted by Crippen LogP contribution is 2.40. The third-order valence-corrected chi connectivity index (χ3v) is 4.53. The minimum Gasteiger partial charge on any atom is -0.494 e. The molecule has 0 unspecified atom stereocenters. The Kier molecular flexibility index (Phi) is 3.74. The highest BCUT2D eigenvalue weighted by molar-refractivity contribution is 5.78. The van der Waals surface area contributed by atoms with Crippen LogP contribution in [0.4, 0.5) is 4.39 Å². The lowest BCUT2D eigenvalue weighted by Crippen LogP contribution is -2.38. The third-order valence-electron chi connectivity index (χ3n) is 4.53. The van der Waals surface area contributed by atoms with E-state index in [-0.39, 0.29) is 11.9 Å². The van der Waals surface area contributed by atoms with Crippen LogP contribution in [0.1, 0.15) is 37.2 Å². The van der Waals surface area contributed by atoms with E-state index in [9.17, 15) is 4.39 Å². The molecule has 0 amide bonds. The van der Waals surface area contributed by atoms with Crippen molar-refractivity contribution in [2.75, 3.05) is 14.2 Å². The van der Waals surface area contributed by atoms with Crippen molar-refractivity contribution < 1.29 is 9.13 Å². The Bertz CT molecular complexity index is 550. The molecule has 0 heterocycles. The molecule has 3 rings (SSSR count). The zero-order valence-corrected chi connectivity index (χ0v) is 12.6. The molecule has 0 spiro atoms. The Morgan fingerprint density at radius 2 is 2.10 bits per heavy atom. The second-order valence-electron chi connectivity index (χ2n) is 6.05. The van der Waals surface area contributed by atoms with Crippen LogP contribution in [0.2, 0.25) is 0 Å². The number of hydrogen-bond acceptors (Lipinski definition) is 2. The number of aliphatic imine (C=N–C) groups is 1. The first-order valence-corrected chi connectivity index (χ1v) is 7.48. The van der Waals surface area contributed by atoms with Gasteiger partial charge in [0.2, 0.25) is 0 Å². The number of hydrogen-bond donors (Lipinski definition) is 1. The summed E-state index contributed by atoms with van der Waals surface area (Å²) in [6.07, 6.45) is 4.30. The lowest BCUT2D eigenvalue weighted by Gasteiger charge is -2.34. The lowest BCUT2D eigenvalue weighted by molar-refractivity contribution is 0.344. The molecule has 4 nitrogen and oxygen atoms in total. The standard InChI is InChI=1S/C16H22FN3O/c1-20(13-4-5-13)16(18)19-12-7-11(8-12)10-3-6-15(21-2)14(17)9-10/h3,6,9,11-13H,4-5,7-8H2,1-2H3,(H2,18,19). The van der Waals surface area contributed by atoms with Crippen molar-refractivity contribution in [1.82, 2.24) is 4.90 Å². The predicted octanol–water partition coefficient (Wildman–Crippen LogP) is 2.49. The van der Waals surface area contributed by atoms with E-state index >= 15 is 0 Å². The van der Waals surface area contributed by atoms with Crippen molar-refractivity contribution in [2.24, 2.45) is 10.7 Å². The molecule has 2 aliphatic carbocycles. The molecule has 0 aromatic heterocycles. The summed E-state index contributed by atoms with van der Waals surface area (Å²) < 4.78 is 18.6. The summed E-state index contributed by atoms with van der Waals surface area (Å²) in [6, 6.07) is 6.05. The fourth-order valence-electron chi connectivity index (χ4n) is 2.83. The van der Waals surface area contributed by atoms with E-state index in [0.717, 1.165) is 18.4 Å². The van der Waals surface area contributed by atoms with Gasteiger partial charge < -0.3 is 15.4 Å². The average molecular weight is 291 g/mol. The van der Waals surface area contributed by atoms with Crippen LogP contribution >= 0.6 is 0 Å². The number of nitrogens with zero attached hydrogens (tertiary/aromatic N) is 2. The Hall–Kier alpha value is -1.78. The van der Waals surface area contributed by atoms with Gasteiger partial charge in [-0.2, -0.15) is 0 Å². The summed E-state index contributed by atoms with van der Waals surface area (Å²) in [5.41, 5.74) is 7.04. The van der Waals surface area contributed by atoms with Crippen molar-refractivity contribution in [3.8, 4) is 5.75 Å². The zero-order valence-electron chi connectivity index (χ0n) is 12.6. The van der Waals surface area contributed by atoms with E-state index in [2.05, 4.69) is 9.89 Å². The van der Waals surface area contributed by atoms with E-state index in [1.54, 1.807) is 12.1 Å². The Balaban J connectivity index is 1.57. The minimum atomic E-state index is -0.296. The van der Waals surface area contributed by atoms with Gasteiger partial charge in [0, 0.05) is 13.1 Å². The number of methoxy groups -OCH3 is 1. The molecular formula is C16H22FN3O. The van der Waals surface area contributed by atoms with Crippen LogP contribution in [0.15, 0.2) is 23.2 Å². The van der Waals surface area contributed by atoms with Crippen LogP contribution in [0.25, 0.3) is 0 Å². The molecular weight excluding hydrogens is 269 g/mol. The fraction of sp³-hybridized carbons (Fsp3) is 0.562. The molecule has 1 aromatic carbocycles. The van der Waals surface area contributed by atoms with E-state index < -0.39 is 0 Å². The summed E-state index contributed by atoms with van der Waals surface area (Å²) in [7, 11) is 3.48. The van der Waals surface area contributed by atoms with Gasteiger partial charge in [0.05, 0.1) is 13.2 Å². The molecule has 5 heteroatoms. The van der Waals surface area contributed by atoms with Crippen LogP contribution < -0.4 is 10.5 Å². The number of nitrogens with two attached hydrogens (primary N) is 1. The van der Waals surface area contributed by atoms with Crippen LogP contribution in [0.3, 0.4) is 0 Å². The number of halogens is 1. The summed E-state index contributed by atoms with van der Waals surface area (Å²) in [4.78, 5) is 6.65. The maximum atomic E-state index is 13.7. The molecule has 0 radical (unpaired) electrons. The van der Waals surface area contributed by atoms with Crippen LogP contribution in [-0.4, -0.2) is 37.1 Å². The number of benzene rings is 1. The highest BCUT2D eigenvalue weighted by atomic mass is 19.1. The van der Waals surface area contributed by atoms with Gasteiger partial charge in [-0.05, 0) is 49.3 Å². The average Bonchev–Trinajstić information content (AvgIpc) is 3.25. The topological polar surface area (TPSA) is 50.9 Å². The van der Waals surface area contributed by atoms with Crippen LogP contribution in [-0.2, 0) is 0 Å². The minimum absolute atomic E-state index is 0.265. The van der Waals surface area contributed by atoms with Gasteiger partial charge in [-0.3, -0.25) is 0 Å². The van der Waals surface area contributed by atoms with Crippen molar-refractivity contribution in [3.63, 3.8) is 0 Å². The second kappa shape index (κ2) is 5.54. The molecule has 21 heavy (non-hydrogen) atoms. The second-order valence-corrected chi connectivity index (χ2v) is 6.05. The van der Waals surface area contributed by atoms with Gasteiger partial charge in [-0.25, -0.2) is 9.38 Å². The van der Waals surface area contributed by atoms with E-state index in [1.807, 2.05) is 13.1 Å². The van der Waals surface area contributed by atoms with E-state index in [4.69, 9.17) is 10.5 Å². The molecule has 2 aliphatic rings. The molecule has 0 aliphatic heterocycles. The van der Waals surface area contributed by atoms with Crippen molar-refractivity contribution in [1.29, 1.82) is 0 Å². The van der Waals surface area contributed by atoms with Crippen LogP contribution in [0, 0.1) is 5.82 Å². The maximum Gasteiger partial charge on any atom is 0.191 e. The Morgan fingerprint density at radius 1 is 1.38 bits per heavy atom. The van der Waals surface area contributed by atoms with Gasteiger partial charge in [0.1, 0.15) is 0 Å². The highest BCUT2D eigenvalue weighted by Gasteiger charge is 2.32. The summed E-state index contributed by atoms with van der Waals surface area (Å²) in [6.45, 7) is 0.